The van der Waals surface area contributed by atoms with Crippen LogP contribution >= 0.6 is 11.6 Å². The number of nitrogens with one attached hydrogen (secondary N) is 1. The maximum atomic E-state index is 12.1. The van der Waals surface area contributed by atoms with E-state index in [1.165, 1.54) is 5.56 Å². The van der Waals surface area contributed by atoms with Crippen LogP contribution in [0.1, 0.15) is 24.0 Å². The molecule has 0 radical (unpaired) electrons. The Morgan fingerprint density at radius 2 is 1.81 bits per heavy atom. The van der Waals surface area contributed by atoms with Crippen LogP contribution < -0.4 is 10.1 Å². The van der Waals surface area contributed by atoms with Gasteiger partial charge in [-0.25, -0.2) is 0 Å². The number of halogens is 1. The standard InChI is InChI=1S/C21H22ClN3O2/c22-18-5-1-17(2-6-18)14-25-11-9-19(10-12-25)24-21(26)15-27-20-7-3-16(13-23)4-8-20/h1-8,19H,9-12,14-15H2,(H,24,26). The van der Waals surface area contributed by atoms with Crippen LogP contribution in [0.15, 0.2) is 48.5 Å². The molecule has 0 saturated carbocycles. The zero-order valence-electron chi connectivity index (χ0n) is 15.0. The van der Waals surface area contributed by atoms with Crippen molar-refractivity contribution in [3.05, 3.63) is 64.7 Å². The lowest BCUT2D eigenvalue weighted by molar-refractivity contribution is -0.124. The monoisotopic (exact) mass is 383 g/mol. The highest BCUT2D eigenvalue weighted by Crippen LogP contribution is 2.16. The van der Waals surface area contributed by atoms with Crippen LogP contribution in [0, 0.1) is 11.3 Å². The maximum absolute atomic E-state index is 12.1. The molecule has 2 aromatic rings. The van der Waals surface area contributed by atoms with Gasteiger partial charge in [-0.1, -0.05) is 23.7 Å². The average Bonchev–Trinajstić information content (AvgIpc) is 2.70. The molecule has 3 rings (SSSR count). The van der Waals surface area contributed by atoms with E-state index in [-0.39, 0.29) is 18.6 Å². The molecule has 1 amide bonds. The average molecular weight is 384 g/mol. The summed E-state index contributed by atoms with van der Waals surface area (Å²) >= 11 is 5.92. The predicted molar refractivity (Wildman–Crippen MR) is 105 cm³/mol. The molecule has 0 atom stereocenters. The highest BCUT2D eigenvalue weighted by molar-refractivity contribution is 6.30. The van der Waals surface area contributed by atoms with Crippen LogP contribution in [0.4, 0.5) is 0 Å². The number of nitrogens with zero attached hydrogens (tertiary/aromatic N) is 2. The van der Waals surface area contributed by atoms with Gasteiger partial charge < -0.3 is 10.1 Å². The second-order valence-electron chi connectivity index (χ2n) is 6.67. The van der Waals surface area contributed by atoms with Gasteiger partial charge in [-0.05, 0) is 54.8 Å². The third kappa shape index (κ3) is 5.99. The van der Waals surface area contributed by atoms with Crippen LogP contribution in [-0.4, -0.2) is 36.5 Å². The van der Waals surface area contributed by atoms with Crippen molar-refractivity contribution in [2.24, 2.45) is 0 Å². The third-order valence-corrected chi connectivity index (χ3v) is 4.88. The highest BCUT2D eigenvalue weighted by atomic mass is 35.5. The number of hydrogen-bond acceptors (Lipinski definition) is 4. The Labute approximate surface area is 164 Å². The van der Waals surface area contributed by atoms with Gasteiger partial charge in [0.2, 0.25) is 0 Å². The van der Waals surface area contributed by atoms with Crippen molar-refractivity contribution >= 4 is 17.5 Å². The zero-order valence-corrected chi connectivity index (χ0v) is 15.8. The lowest BCUT2D eigenvalue weighted by Crippen LogP contribution is -2.45. The first-order valence-electron chi connectivity index (χ1n) is 9.01. The Morgan fingerprint density at radius 3 is 2.44 bits per heavy atom. The largest absolute Gasteiger partial charge is 0.484 e. The number of hydrogen-bond donors (Lipinski definition) is 1. The van der Waals surface area contributed by atoms with E-state index < -0.39 is 0 Å². The molecule has 27 heavy (non-hydrogen) atoms. The van der Waals surface area contributed by atoms with Crippen molar-refractivity contribution in [2.75, 3.05) is 19.7 Å². The van der Waals surface area contributed by atoms with E-state index in [9.17, 15) is 4.79 Å². The van der Waals surface area contributed by atoms with Gasteiger partial charge in [0.25, 0.3) is 5.91 Å². The number of nitriles is 1. The van der Waals surface area contributed by atoms with Crippen molar-refractivity contribution in [3.8, 4) is 11.8 Å². The summed E-state index contributed by atoms with van der Waals surface area (Å²) in [7, 11) is 0. The van der Waals surface area contributed by atoms with Crippen LogP contribution in [0.2, 0.25) is 5.02 Å². The lowest BCUT2D eigenvalue weighted by Gasteiger charge is -2.32. The first-order valence-corrected chi connectivity index (χ1v) is 9.39. The molecule has 2 aromatic carbocycles. The fourth-order valence-corrected chi connectivity index (χ4v) is 3.25. The van der Waals surface area contributed by atoms with E-state index in [4.69, 9.17) is 21.6 Å². The summed E-state index contributed by atoms with van der Waals surface area (Å²) in [5.74, 6) is 0.470. The molecular weight excluding hydrogens is 362 g/mol. The van der Waals surface area contributed by atoms with Crippen molar-refractivity contribution in [3.63, 3.8) is 0 Å². The maximum Gasteiger partial charge on any atom is 0.258 e. The number of piperidine rings is 1. The molecule has 1 aliphatic heterocycles. The lowest BCUT2D eigenvalue weighted by atomic mass is 10.0. The van der Waals surface area contributed by atoms with E-state index in [1.54, 1.807) is 24.3 Å². The predicted octanol–water partition coefficient (Wildman–Crippen LogP) is 3.37. The van der Waals surface area contributed by atoms with Gasteiger partial charge in [0, 0.05) is 30.7 Å². The van der Waals surface area contributed by atoms with Gasteiger partial charge >= 0.3 is 0 Å². The van der Waals surface area contributed by atoms with Gasteiger partial charge in [-0.3, -0.25) is 9.69 Å². The Bertz CT molecular complexity index is 792. The van der Waals surface area contributed by atoms with Crippen molar-refractivity contribution in [2.45, 2.75) is 25.4 Å². The second kappa shape index (κ2) is 9.40. The molecule has 0 spiro atoms. The Morgan fingerprint density at radius 1 is 1.15 bits per heavy atom. The van der Waals surface area contributed by atoms with Crippen molar-refractivity contribution < 1.29 is 9.53 Å². The minimum Gasteiger partial charge on any atom is -0.484 e. The molecule has 1 aliphatic rings. The number of amides is 1. The second-order valence-corrected chi connectivity index (χ2v) is 7.11. The van der Waals surface area contributed by atoms with Crippen LogP contribution in [0.5, 0.6) is 5.75 Å². The summed E-state index contributed by atoms with van der Waals surface area (Å²) in [6.07, 6.45) is 1.85. The number of carbonyl (C=O) groups excluding carboxylic acids is 1. The van der Waals surface area contributed by atoms with E-state index in [0.29, 0.717) is 11.3 Å². The van der Waals surface area contributed by atoms with Crippen LogP contribution in [0.3, 0.4) is 0 Å². The fraction of sp³-hybridized carbons (Fsp3) is 0.333. The van der Waals surface area contributed by atoms with E-state index >= 15 is 0 Å². The SMILES string of the molecule is N#Cc1ccc(OCC(=O)NC2CCN(Cc3ccc(Cl)cc3)CC2)cc1. The number of likely N-dealkylation sites (tertiary alicyclic amines) is 1. The highest BCUT2D eigenvalue weighted by Gasteiger charge is 2.20. The summed E-state index contributed by atoms with van der Waals surface area (Å²) < 4.78 is 5.48. The Balaban J connectivity index is 1.37. The number of ether oxygens (including phenoxy) is 1. The minimum absolute atomic E-state index is 0.0170. The van der Waals surface area contributed by atoms with Gasteiger partial charge in [-0.2, -0.15) is 5.26 Å². The molecule has 140 valence electrons. The van der Waals surface area contributed by atoms with Crippen LogP contribution in [0.25, 0.3) is 0 Å². The molecule has 1 fully saturated rings. The number of benzene rings is 2. The van der Waals surface area contributed by atoms with E-state index in [1.807, 2.05) is 18.2 Å². The van der Waals surface area contributed by atoms with E-state index in [0.717, 1.165) is 37.5 Å². The van der Waals surface area contributed by atoms with Crippen LogP contribution in [-0.2, 0) is 11.3 Å². The Kier molecular flexibility index (Phi) is 6.69. The third-order valence-electron chi connectivity index (χ3n) is 4.63. The molecule has 0 unspecified atom stereocenters. The molecule has 0 bridgehead atoms. The number of carbonyl (C=O) groups is 1. The Hall–Kier alpha value is -2.55. The van der Waals surface area contributed by atoms with Crippen molar-refractivity contribution in [1.82, 2.24) is 10.2 Å². The number of rotatable bonds is 6. The molecule has 0 aromatic heterocycles. The normalized spacial score (nSPS) is 15.1. The summed E-state index contributed by atoms with van der Waals surface area (Å²) in [5, 5.41) is 12.6. The quantitative estimate of drug-likeness (QED) is 0.830. The first-order chi connectivity index (χ1) is 13.1. The molecule has 0 aliphatic carbocycles. The van der Waals surface area contributed by atoms with Crippen molar-refractivity contribution in [1.29, 1.82) is 5.26 Å². The molecule has 6 heteroatoms. The topological polar surface area (TPSA) is 65.4 Å². The van der Waals surface area contributed by atoms with E-state index in [2.05, 4.69) is 22.3 Å². The summed E-state index contributed by atoms with van der Waals surface area (Å²) in [6.45, 7) is 2.78. The molecule has 1 saturated heterocycles. The molecule has 1 heterocycles. The zero-order chi connectivity index (χ0) is 19.1. The smallest absolute Gasteiger partial charge is 0.258 e. The molecule has 5 nitrogen and oxygen atoms in total. The first kappa shape index (κ1) is 19.2. The molecule has 1 N–H and O–H groups in total. The van der Waals surface area contributed by atoms with Gasteiger partial charge in [0.15, 0.2) is 6.61 Å². The van der Waals surface area contributed by atoms with Gasteiger partial charge in [0.05, 0.1) is 11.6 Å². The minimum atomic E-state index is -0.115. The van der Waals surface area contributed by atoms with Gasteiger partial charge in [0.1, 0.15) is 5.75 Å². The molecular formula is C21H22ClN3O2. The summed E-state index contributed by atoms with van der Waals surface area (Å²) in [4.78, 5) is 14.5. The summed E-state index contributed by atoms with van der Waals surface area (Å²) in [5.41, 5.74) is 1.81. The fourth-order valence-electron chi connectivity index (χ4n) is 3.13. The summed E-state index contributed by atoms with van der Waals surface area (Å²) in [6, 6.07) is 16.9. The van der Waals surface area contributed by atoms with Gasteiger partial charge in [-0.15, -0.1) is 0 Å².